The van der Waals surface area contributed by atoms with Gasteiger partial charge in [0, 0.05) is 10.6 Å². The second-order valence-corrected chi connectivity index (χ2v) is 4.66. The van der Waals surface area contributed by atoms with E-state index in [0.717, 1.165) is 6.07 Å². The normalized spacial score (nSPS) is 10.2. The third-order valence-corrected chi connectivity index (χ3v) is 3.09. The lowest BCUT2D eigenvalue weighted by Crippen LogP contribution is -2.14. The second-order valence-electron chi connectivity index (χ2n) is 4.22. The molecule has 0 bridgehead atoms. The van der Waals surface area contributed by atoms with Crippen molar-refractivity contribution >= 4 is 23.4 Å². The number of halogens is 2. The maximum atomic E-state index is 14.0. The smallest absolute Gasteiger partial charge is 0.338 e. The standard InChI is InChI=1S/C16H12ClFO3/c1-2-21-16(20)12-4-3-5-13(18)14(12)15(19)10-6-8-11(17)9-7-10/h3-9H,2H2,1H3. The van der Waals surface area contributed by atoms with Crippen LogP contribution in [0.3, 0.4) is 0 Å². The molecular weight excluding hydrogens is 295 g/mol. The van der Waals surface area contributed by atoms with Crippen LogP contribution in [0.15, 0.2) is 42.5 Å². The number of benzene rings is 2. The average molecular weight is 307 g/mol. The maximum Gasteiger partial charge on any atom is 0.338 e. The maximum absolute atomic E-state index is 14.0. The van der Waals surface area contributed by atoms with Crippen LogP contribution in [-0.4, -0.2) is 18.4 Å². The minimum Gasteiger partial charge on any atom is -0.462 e. The van der Waals surface area contributed by atoms with Crippen LogP contribution in [0.1, 0.15) is 33.2 Å². The fourth-order valence-electron chi connectivity index (χ4n) is 1.88. The lowest BCUT2D eigenvalue weighted by Gasteiger charge is -2.09. The molecule has 0 heterocycles. The van der Waals surface area contributed by atoms with Crippen LogP contribution in [0.5, 0.6) is 0 Å². The molecule has 5 heteroatoms. The predicted molar refractivity (Wildman–Crippen MR) is 77.2 cm³/mol. The number of ether oxygens (including phenoxy) is 1. The summed E-state index contributed by atoms with van der Waals surface area (Å²) in [4.78, 5) is 24.3. The molecule has 0 aliphatic carbocycles. The van der Waals surface area contributed by atoms with Gasteiger partial charge < -0.3 is 4.74 Å². The van der Waals surface area contributed by atoms with Gasteiger partial charge in [0.2, 0.25) is 0 Å². The quantitative estimate of drug-likeness (QED) is 0.636. The van der Waals surface area contributed by atoms with Crippen molar-refractivity contribution in [1.29, 1.82) is 0 Å². The van der Waals surface area contributed by atoms with Crippen LogP contribution in [0, 0.1) is 5.82 Å². The lowest BCUT2D eigenvalue weighted by atomic mass is 9.98. The van der Waals surface area contributed by atoms with Crippen molar-refractivity contribution in [1.82, 2.24) is 0 Å². The fourth-order valence-corrected chi connectivity index (χ4v) is 2.01. The van der Waals surface area contributed by atoms with Crippen molar-refractivity contribution in [3.05, 3.63) is 70.0 Å². The Balaban J connectivity index is 2.49. The summed E-state index contributed by atoms with van der Waals surface area (Å²) in [6.45, 7) is 1.78. The largest absolute Gasteiger partial charge is 0.462 e. The number of esters is 1. The average Bonchev–Trinajstić information content (AvgIpc) is 2.47. The fraction of sp³-hybridized carbons (Fsp3) is 0.125. The number of hydrogen-bond donors (Lipinski definition) is 0. The molecule has 0 aliphatic rings. The lowest BCUT2D eigenvalue weighted by molar-refractivity contribution is 0.0522. The molecule has 0 aliphatic heterocycles. The van der Waals surface area contributed by atoms with Crippen LogP contribution in [0.4, 0.5) is 4.39 Å². The van der Waals surface area contributed by atoms with Gasteiger partial charge in [0.1, 0.15) is 5.82 Å². The molecule has 2 aromatic carbocycles. The monoisotopic (exact) mass is 306 g/mol. The van der Waals surface area contributed by atoms with E-state index >= 15 is 0 Å². The predicted octanol–water partition coefficient (Wildman–Crippen LogP) is 3.89. The Kier molecular flexibility index (Phi) is 4.70. The number of ketones is 1. The molecule has 2 aromatic rings. The third-order valence-electron chi connectivity index (χ3n) is 2.84. The van der Waals surface area contributed by atoms with Gasteiger partial charge in [-0.25, -0.2) is 9.18 Å². The van der Waals surface area contributed by atoms with Gasteiger partial charge in [-0.1, -0.05) is 17.7 Å². The number of hydrogen-bond acceptors (Lipinski definition) is 3. The summed E-state index contributed by atoms with van der Waals surface area (Å²) in [5.74, 6) is -2.08. The number of rotatable bonds is 4. The summed E-state index contributed by atoms with van der Waals surface area (Å²) in [7, 11) is 0. The van der Waals surface area contributed by atoms with Crippen LogP contribution >= 0.6 is 11.6 Å². The highest BCUT2D eigenvalue weighted by Crippen LogP contribution is 2.20. The summed E-state index contributed by atoms with van der Waals surface area (Å²) in [6.07, 6.45) is 0. The van der Waals surface area contributed by atoms with E-state index in [-0.39, 0.29) is 23.3 Å². The van der Waals surface area contributed by atoms with Crippen LogP contribution < -0.4 is 0 Å². The van der Waals surface area contributed by atoms with Gasteiger partial charge in [-0.05, 0) is 43.3 Å². The zero-order chi connectivity index (χ0) is 15.4. The van der Waals surface area contributed by atoms with Crippen LogP contribution in [0.2, 0.25) is 5.02 Å². The Morgan fingerprint density at radius 2 is 1.81 bits per heavy atom. The molecule has 0 saturated heterocycles. The molecule has 108 valence electrons. The van der Waals surface area contributed by atoms with E-state index in [0.29, 0.717) is 5.02 Å². The Morgan fingerprint density at radius 1 is 1.14 bits per heavy atom. The second kappa shape index (κ2) is 6.50. The number of carbonyl (C=O) groups is 2. The Bertz CT molecular complexity index is 680. The Morgan fingerprint density at radius 3 is 2.43 bits per heavy atom. The molecule has 2 rings (SSSR count). The van der Waals surface area contributed by atoms with E-state index in [2.05, 4.69) is 0 Å². The van der Waals surface area contributed by atoms with E-state index in [1.165, 1.54) is 36.4 Å². The highest BCUT2D eigenvalue weighted by molar-refractivity contribution is 6.30. The molecule has 0 amide bonds. The molecule has 3 nitrogen and oxygen atoms in total. The van der Waals surface area contributed by atoms with Crippen molar-refractivity contribution in [2.75, 3.05) is 6.61 Å². The molecule has 0 atom stereocenters. The van der Waals surface area contributed by atoms with Gasteiger partial charge >= 0.3 is 5.97 Å². The summed E-state index contributed by atoms with van der Waals surface area (Å²) < 4.78 is 18.9. The summed E-state index contributed by atoms with van der Waals surface area (Å²) >= 11 is 5.76. The molecule has 0 aromatic heterocycles. The van der Waals surface area contributed by atoms with Gasteiger partial charge in [-0.15, -0.1) is 0 Å². The first-order chi connectivity index (χ1) is 10.0. The molecule has 0 fully saturated rings. The van der Waals surface area contributed by atoms with E-state index in [4.69, 9.17) is 16.3 Å². The first kappa shape index (κ1) is 15.2. The number of carbonyl (C=O) groups excluding carboxylic acids is 2. The topological polar surface area (TPSA) is 43.4 Å². The minimum atomic E-state index is -0.763. The zero-order valence-corrected chi connectivity index (χ0v) is 12.0. The van der Waals surface area contributed by atoms with Gasteiger partial charge in [0.05, 0.1) is 17.7 Å². The third kappa shape index (κ3) is 3.28. The Labute approximate surface area is 126 Å². The van der Waals surface area contributed by atoms with Crippen LogP contribution in [-0.2, 0) is 4.74 Å². The summed E-state index contributed by atoms with van der Waals surface area (Å²) in [5, 5.41) is 0.464. The highest BCUT2D eigenvalue weighted by atomic mass is 35.5. The van der Waals surface area contributed by atoms with Crippen LogP contribution in [0.25, 0.3) is 0 Å². The van der Waals surface area contributed by atoms with E-state index in [1.54, 1.807) is 6.92 Å². The molecule has 21 heavy (non-hydrogen) atoms. The zero-order valence-electron chi connectivity index (χ0n) is 11.2. The van der Waals surface area contributed by atoms with Crippen molar-refractivity contribution in [2.24, 2.45) is 0 Å². The van der Waals surface area contributed by atoms with Crippen molar-refractivity contribution in [3.63, 3.8) is 0 Å². The van der Waals surface area contributed by atoms with Crippen molar-refractivity contribution in [3.8, 4) is 0 Å². The summed E-state index contributed by atoms with van der Waals surface area (Å²) in [6, 6.07) is 9.87. The van der Waals surface area contributed by atoms with Crippen molar-refractivity contribution < 1.29 is 18.7 Å². The molecule has 0 radical (unpaired) electrons. The van der Waals surface area contributed by atoms with Gasteiger partial charge in [0.25, 0.3) is 0 Å². The summed E-state index contributed by atoms with van der Waals surface area (Å²) in [5.41, 5.74) is -0.134. The molecule has 0 saturated carbocycles. The van der Waals surface area contributed by atoms with E-state index in [9.17, 15) is 14.0 Å². The van der Waals surface area contributed by atoms with E-state index < -0.39 is 17.6 Å². The minimum absolute atomic E-state index is 0.0863. The van der Waals surface area contributed by atoms with Gasteiger partial charge in [0.15, 0.2) is 5.78 Å². The SMILES string of the molecule is CCOC(=O)c1cccc(F)c1C(=O)c1ccc(Cl)cc1. The highest BCUT2D eigenvalue weighted by Gasteiger charge is 2.23. The molecular formula is C16H12ClFO3. The molecule has 0 N–H and O–H groups in total. The van der Waals surface area contributed by atoms with E-state index in [1.807, 2.05) is 0 Å². The molecule has 0 unspecified atom stereocenters. The van der Waals surface area contributed by atoms with Gasteiger partial charge in [-0.3, -0.25) is 4.79 Å². The Hall–Kier alpha value is -2.20. The van der Waals surface area contributed by atoms with Crippen molar-refractivity contribution in [2.45, 2.75) is 6.92 Å². The molecule has 0 spiro atoms. The first-order valence-electron chi connectivity index (χ1n) is 6.30. The first-order valence-corrected chi connectivity index (χ1v) is 6.68. The van der Waals surface area contributed by atoms with Gasteiger partial charge in [-0.2, -0.15) is 0 Å².